The molecule has 1 aromatic rings. The number of guanidine groups is 1. The van der Waals surface area contributed by atoms with Crippen molar-refractivity contribution in [2.24, 2.45) is 10.9 Å². The minimum Gasteiger partial charge on any atom is -0.472 e. The van der Waals surface area contributed by atoms with E-state index in [0.29, 0.717) is 12.5 Å². The molecule has 1 fully saturated rings. The molecule has 2 N–H and O–H groups in total. The van der Waals surface area contributed by atoms with E-state index in [2.05, 4.69) is 22.5 Å². The van der Waals surface area contributed by atoms with Crippen LogP contribution in [0.25, 0.3) is 0 Å². The SMILES string of the molecule is CCNC(=NCc1ccoc1)NCC1CCOC1.I. The molecule has 1 aliphatic heterocycles. The summed E-state index contributed by atoms with van der Waals surface area (Å²) in [4.78, 5) is 4.51. The smallest absolute Gasteiger partial charge is 0.191 e. The van der Waals surface area contributed by atoms with Gasteiger partial charge in [0.15, 0.2) is 5.96 Å². The van der Waals surface area contributed by atoms with Crippen LogP contribution in [-0.2, 0) is 11.3 Å². The third-order valence-corrected chi connectivity index (χ3v) is 2.93. The van der Waals surface area contributed by atoms with Crippen LogP contribution in [0, 0.1) is 5.92 Å². The van der Waals surface area contributed by atoms with Crippen molar-refractivity contribution < 1.29 is 9.15 Å². The summed E-state index contributed by atoms with van der Waals surface area (Å²) in [6, 6.07) is 1.93. The van der Waals surface area contributed by atoms with Gasteiger partial charge in [0, 0.05) is 31.2 Å². The van der Waals surface area contributed by atoms with Crippen LogP contribution < -0.4 is 10.6 Å². The van der Waals surface area contributed by atoms with E-state index in [9.17, 15) is 0 Å². The number of ether oxygens (including phenoxy) is 1. The van der Waals surface area contributed by atoms with E-state index in [1.165, 1.54) is 0 Å². The first-order valence-corrected chi connectivity index (χ1v) is 6.49. The van der Waals surface area contributed by atoms with Crippen molar-refractivity contribution in [3.63, 3.8) is 0 Å². The number of hydrogen-bond acceptors (Lipinski definition) is 3. The Morgan fingerprint density at radius 2 is 2.37 bits per heavy atom. The molecule has 1 atom stereocenters. The normalized spacial score (nSPS) is 19.0. The zero-order valence-electron chi connectivity index (χ0n) is 11.2. The topological polar surface area (TPSA) is 58.8 Å². The Kier molecular flexibility index (Phi) is 7.88. The molecule has 108 valence electrons. The van der Waals surface area contributed by atoms with Crippen molar-refractivity contribution in [1.82, 2.24) is 10.6 Å². The number of furan rings is 1. The molecule has 0 spiro atoms. The summed E-state index contributed by atoms with van der Waals surface area (Å²) in [5.41, 5.74) is 1.08. The molecule has 1 saturated heterocycles. The Bertz CT molecular complexity index is 362. The molecule has 19 heavy (non-hydrogen) atoms. The average molecular weight is 379 g/mol. The van der Waals surface area contributed by atoms with E-state index < -0.39 is 0 Å². The molecule has 1 aliphatic rings. The lowest BCUT2D eigenvalue weighted by Gasteiger charge is -2.13. The molecular formula is C13H22IN3O2. The van der Waals surface area contributed by atoms with Crippen molar-refractivity contribution in [1.29, 1.82) is 0 Å². The molecule has 2 heterocycles. The Labute approximate surface area is 131 Å². The van der Waals surface area contributed by atoms with Gasteiger partial charge in [0.05, 0.1) is 25.7 Å². The van der Waals surface area contributed by atoms with E-state index in [4.69, 9.17) is 9.15 Å². The maximum Gasteiger partial charge on any atom is 0.191 e. The van der Waals surface area contributed by atoms with Crippen LogP contribution in [0.5, 0.6) is 0 Å². The maximum atomic E-state index is 5.36. The summed E-state index contributed by atoms with van der Waals surface area (Å²) >= 11 is 0. The summed E-state index contributed by atoms with van der Waals surface area (Å²) in [5.74, 6) is 1.45. The Balaban J connectivity index is 0.00000180. The standard InChI is InChI=1S/C13H21N3O2.HI/c1-2-14-13(15-7-11-3-5-17-9-11)16-8-12-4-6-18-10-12;/h3,5,9,12H,2,4,6-8,10H2,1H3,(H2,14,15,16);1H. The maximum absolute atomic E-state index is 5.36. The second-order valence-electron chi connectivity index (χ2n) is 4.44. The quantitative estimate of drug-likeness (QED) is 0.467. The zero-order chi connectivity index (χ0) is 12.6. The summed E-state index contributed by atoms with van der Waals surface area (Å²) in [7, 11) is 0. The summed E-state index contributed by atoms with van der Waals surface area (Å²) in [6.07, 6.45) is 4.52. The van der Waals surface area contributed by atoms with E-state index in [1.54, 1.807) is 12.5 Å². The molecule has 0 radical (unpaired) electrons. The van der Waals surface area contributed by atoms with Crippen LogP contribution in [-0.4, -0.2) is 32.3 Å². The highest BCUT2D eigenvalue weighted by atomic mass is 127. The van der Waals surface area contributed by atoms with Crippen molar-refractivity contribution in [2.75, 3.05) is 26.3 Å². The van der Waals surface area contributed by atoms with Gasteiger partial charge in [-0.3, -0.25) is 0 Å². The Hall–Kier alpha value is -0.760. The van der Waals surface area contributed by atoms with Crippen LogP contribution in [0.2, 0.25) is 0 Å². The van der Waals surface area contributed by atoms with Crippen molar-refractivity contribution >= 4 is 29.9 Å². The lowest BCUT2D eigenvalue weighted by atomic mass is 10.1. The monoisotopic (exact) mass is 379 g/mol. The van der Waals surface area contributed by atoms with Crippen LogP contribution >= 0.6 is 24.0 Å². The van der Waals surface area contributed by atoms with Crippen LogP contribution in [0.3, 0.4) is 0 Å². The summed E-state index contributed by atoms with van der Waals surface area (Å²) in [6.45, 7) is 6.21. The van der Waals surface area contributed by atoms with Gasteiger partial charge >= 0.3 is 0 Å². The predicted octanol–water partition coefficient (Wildman–Crippen LogP) is 1.99. The molecule has 0 aliphatic carbocycles. The van der Waals surface area contributed by atoms with E-state index in [1.807, 2.05) is 6.07 Å². The highest BCUT2D eigenvalue weighted by Gasteiger charge is 2.15. The van der Waals surface area contributed by atoms with Gasteiger partial charge in [-0.15, -0.1) is 24.0 Å². The molecule has 0 bridgehead atoms. The number of nitrogens with one attached hydrogen (secondary N) is 2. The fraction of sp³-hybridized carbons (Fsp3) is 0.615. The Morgan fingerprint density at radius 3 is 3.00 bits per heavy atom. The average Bonchev–Trinajstić information content (AvgIpc) is 3.05. The zero-order valence-corrected chi connectivity index (χ0v) is 13.6. The highest BCUT2D eigenvalue weighted by Crippen LogP contribution is 2.10. The highest BCUT2D eigenvalue weighted by molar-refractivity contribution is 14.0. The fourth-order valence-corrected chi connectivity index (χ4v) is 1.88. The minimum absolute atomic E-state index is 0. The molecular weight excluding hydrogens is 357 g/mol. The molecule has 0 amide bonds. The van der Waals surface area contributed by atoms with Crippen molar-refractivity contribution in [2.45, 2.75) is 19.9 Å². The first-order chi connectivity index (χ1) is 8.88. The third-order valence-electron chi connectivity index (χ3n) is 2.93. The molecule has 1 unspecified atom stereocenters. The molecule has 5 nitrogen and oxygen atoms in total. The van der Waals surface area contributed by atoms with Gasteiger partial charge in [-0.05, 0) is 19.4 Å². The number of rotatable bonds is 5. The molecule has 6 heteroatoms. The van der Waals surface area contributed by atoms with E-state index in [-0.39, 0.29) is 24.0 Å². The van der Waals surface area contributed by atoms with Gasteiger partial charge in [0.1, 0.15) is 0 Å². The van der Waals surface area contributed by atoms with Crippen LogP contribution in [0.4, 0.5) is 0 Å². The van der Waals surface area contributed by atoms with E-state index >= 15 is 0 Å². The third kappa shape index (κ3) is 5.82. The van der Waals surface area contributed by atoms with Gasteiger partial charge in [-0.1, -0.05) is 0 Å². The number of halogens is 1. The molecule has 2 rings (SSSR count). The predicted molar refractivity (Wildman–Crippen MR) is 85.9 cm³/mol. The van der Waals surface area contributed by atoms with Crippen molar-refractivity contribution in [3.05, 3.63) is 24.2 Å². The summed E-state index contributed by atoms with van der Waals surface area (Å²) in [5, 5.41) is 6.59. The first-order valence-electron chi connectivity index (χ1n) is 6.49. The molecule has 0 saturated carbocycles. The number of aliphatic imine (C=N–C) groups is 1. The summed E-state index contributed by atoms with van der Waals surface area (Å²) < 4.78 is 10.4. The second-order valence-corrected chi connectivity index (χ2v) is 4.44. The number of nitrogens with zero attached hydrogens (tertiary/aromatic N) is 1. The van der Waals surface area contributed by atoms with Crippen LogP contribution in [0.1, 0.15) is 18.9 Å². The largest absolute Gasteiger partial charge is 0.472 e. The number of hydrogen-bond donors (Lipinski definition) is 2. The lowest BCUT2D eigenvalue weighted by Crippen LogP contribution is -2.39. The lowest BCUT2D eigenvalue weighted by molar-refractivity contribution is 0.186. The first kappa shape index (κ1) is 16.3. The van der Waals surface area contributed by atoms with Gasteiger partial charge in [-0.25, -0.2) is 4.99 Å². The second kappa shape index (κ2) is 9.19. The van der Waals surface area contributed by atoms with Gasteiger partial charge in [0.25, 0.3) is 0 Å². The van der Waals surface area contributed by atoms with Crippen molar-refractivity contribution in [3.8, 4) is 0 Å². The van der Waals surface area contributed by atoms with Gasteiger partial charge < -0.3 is 19.8 Å². The fourth-order valence-electron chi connectivity index (χ4n) is 1.88. The van der Waals surface area contributed by atoms with E-state index in [0.717, 1.165) is 44.2 Å². The molecule has 0 aromatic carbocycles. The molecule has 1 aromatic heterocycles. The van der Waals surface area contributed by atoms with Crippen LogP contribution in [0.15, 0.2) is 28.0 Å². The Morgan fingerprint density at radius 1 is 1.47 bits per heavy atom. The van der Waals surface area contributed by atoms with Gasteiger partial charge in [-0.2, -0.15) is 0 Å². The minimum atomic E-state index is 0. The van der Waals surface area contributed by atoms with Gasteiger partial charge in [0.2, 0.25) is 0 Å².